The lowest BCUT2D eigenvalue weighted by Gasteiger charge is -2.21. The Morgan fingerprint density at radius 2 is 1.50 bits per heavy atom. The minimum Gasteiger partial charge on any atom is -0.481 e. The van der Waals surface area contributed by atoms with E-state index < -0.39 is 5.97 Å². The number of nitrogens with two attached hydrogens (primary N) is 1. The summed E-state index contributed by atoms with van der Waals surface area (Å²) in [5, 5.41) is 12.0. The predicted molar refractivity (Wildman–Crippen MR) is 108 cm³/mol. The quantitative estimate of drug-likeness (QED) is 0.377. The number of carboxylic acids is 1. The van der Waals surface area contributed by atoms with Crippen LogP contribution < -0.4 is 11.1 Å². The molecule has 0 aliphatic rings. The van der Waals surface area contributed by atoms with Crippen LogP contribution in [0.1, 0.15) is 91.9 Å². The molecule has 26 heavy (non-hydrogen) atoms. The predicted octanol–water partition coefficient (Wildman–Crippen LogP) is 4.34. The zero-order valence-electron chi connectivity index (χ0n) is 17.4. The first-order valence-electron chi connectivity index (χ1n) is 10.5. The fourth-order valence-electron chi connectivity index (χ4n) is 3.56. The first-order valence-corrected chi connectivity index (χ1v) is 10.5. The lowest BCUT2D eigenvalue weighted by atomic mass is 9.89. The largest absolute Gasteiger partial charge is 0.481 e. The van der Waals surface area contributed by atoms with Crippen LogP contribution in [0.2, 0.25) is 0 Å². The molecule has 0 saturated heterocycles. The molecule has 0 bridgehead atoms. The van der Waals surface area contributed by atoms with Gasteiger partial charge in [0.1, 0.15) is 0 Å². The summed E-state index contributed by atoms with van der Waals surface area (Å²) in [6.45, 7) is 9.12. The Hall–Kier alpha value is -1.10. The fourth-order valence-corrected chi connectivity index (χ4v) is 3.56. The summed E-state index contributed by atoms with van der Waals surface area (Å²) in [6, 6.07) is -0.122. The third-order valence-corrected chi connectivity index (χ3v) is 5.04. The number of hydrogen-bond donors (Lipinski definition) is 3. The highest BCUT2D eigenvalue weighted by Crippen LogP contribution is 2.20. The van der Waals surface area contributed by atoms with Crippen molar-refractivity contribution in [2.45, 2.75) is 97.9 Å². The average molecular weight is 371 g/mol. The second kappa shape index (κ2) is 15.0. The second-order valence-electron chi connectivity index (χ2n) is 8.20. The van der Waals surface area contributed by atoms with Crippen LogP contribution in [0.5, 0.6) is 0 Å². The van der Waals surface area contributed by atoms with E-state index in [2.05, 4.69) is 33.0 Å². The molecule has 4 unspecified atom stereocenters. The van der Waals surface area contributed by atoms with E-state index in [-0.39, 0.29) is 24.3 Å². The number of carboxylic acid groups (broad SMARTS) is 1. The SMILES string of the molecule is CCCCC(C)CC(N)CC(=O)NCC(CC(=O)O)CC(C)CCCC. The number of amides is 1. The molecule has 4 N–H and O–H groups in total. The van der Waals surface area contributed by atoms with Gasteiger partial charge in [-0.2, -0.15) is 0 Å². The van der Waals surface area contributed by atoms with Crippen LogP contribution in [0.3, 0.4) is 0 Å². The van der Waals surface area contributed by atoms with Gasteiger partial charge in [-0.3, -0.25) is 9.59 Å². The van der Waals surface area contributed by atoms with E-state index in [1.807, 2.05) is 0 Å². The van der Waals surface area contributed by atoms with Crippen molar-refractivity contribution in [3.8, 4) is 0 Å². The highest BCUT2D eigenvalue weighted by atomic mass is 16.4. The Morgan fingerprint density at radius 3 is 2.00 bits per heavy atom. The molecule has 0 aromatic rings. The molecular weight excluding hydrogens is 328 g/mol. The minimum absolute atomic E-state index is 0.0111. The average Bonchev–Trinajstić information content (AvgIpc) is 2.55. The summed E-state index contributed by atoms with van der Waals surface area (Å²) in [4.78, 5) is 23.3. The van der Waals surface area contributed by atoms with Crippen LogP contribution in [0, 0.1) is 17.8 Å². The molecule has 0 saturated carbocycles. The standard InChI is InChI=1S/C21H42N2O3/c1-5-7-9-16(3)11-18(13-21(25)26)15-23-20(24)14-19(22)12-17(4)10-8-6-2/h16-19H,5-15,22H2,1-4H3,(H,23,24)(H,25,26). The van der Waals surface area contributed by atoms with Crippen molar-refractivity contribution in [3.63, 3.8) is 0 Å². The maximum atomic E-state index is 12.2. The van der Waals surface area contributed by atoms with Crippen LogP contribution in [0.15, 0.2) is 0 Å². The minimum atomic E-state index is -0.798. The van der Waals surface area contributed by atoms with Gasteiger partial charge in [0.25, 0.3) is 0 Å². The summed E-state index contributed by atoms with van der Waals surface area (Å²) in [5.74, 6) is 0.156. The van der Waals surface area contributed by atoms with Crippen molar-refractivity contribution in [2.75, 3.05) is 6.54 Å². The van der Waals surface area contributed by atoms with Crippen LogP contribution >= 0.6 is 0 Å². The molecule has 0 spiro atoms. The van der Waals surface area contributed by atoms with Crippen LogP contribution in [0.25, 0.3) is 0 Å². The number of aliphatic carboxylic acids is 1. The van der Waals surface area contributed by atoms with Crippen LogP contribution in [-0.2, 0) is 9.59 Å². The van der Waals surface area contributed by atoms with E-state index in [9.17, 15) is 9.59 Å². The summed E-state index contributed by atoms with van der Waals surface area (Å²) in [6.07, 6.45) is 9.10. The van der Waals surface area contributed by atoms with Gasteiger partial charge in [-0.1, -0.05) is 66.2 Å². The molecule has 4 atom stereocenters. The lowest BCUT2D eigenvalue weighted by Crippen LogP contribution is -2.36. The molecule has 0 aromatic carbocycles. The lowest BCUT2D eigenvalue weighted by molar-refractivity contribution is -0.138. The van der Waals surface area contributed by atoms with Gasteiger partial charge in [0.15, 0.2) is 0 Å². The smallest absolute Gasteiger partial charge is 0.303 e. The first kappa shape index (κ1) is 24.9. The van der Waals surface area contributed by atoms with Gasteiger partial charge in [0.05, 0.1) is 0 Å². The van der Waals surface area contributed by atoms with Crippen molar-refractivity contribution in [1.29, 1.82) is 0 Å². The Morgan fingerprint density at radius 1 is 0.962 bits per heavy atom. The van der Waals surface area contributed by atoms with Crippen molar-refractivity contribution < 1.29 is 14.7 Å². The molecule has 5 nitrogen and oxygen atoms in total. The maximum absolute atomic E-state index is 12.2. The first-order chi connectivity index (χ1) is 12.3. The topological polar surface area (TPSA) is 92.4 Å². The van der Waals surface area contributed by atoms with Gasteiger partial charge < -0.3 is 16.2 Å². The van der Waals surface area contributed by atoms with Crippen molar-refractivity contribution in [2.24, 2.45) is 23.5 Å². The van der Waals surface area contributed by atoms with Crippen molar-refractivity contribution >= 4 is 11.9 Å². The molecule has 0 aromatic heterocycles. The van der Waals surface area contributed by atoms with E-state index in [1.54, 1.807) is 0 Å². The number of unbranched alkanes of at least 4 members (excludes halogenated alkanes) is 2. The van der Waals surface area contributed by atoms with E-state index in [0.29, 0.717) is 24.8 Å². The highest BCUT2D eigenvalue weighted by molar-refractivity contribution is 5.76. The van der Waals surface area contributed by atoms with Gasteiger partial charge in [-0.25, -0.2) is 0 Å². The maximum Gasteiger partial charge on any atom is 0.303 e. The fraction of sp³-hybridized carbons (Fsp3) is 0.905. The molecule has 1 amide bonds. The third-order valence-electron chi connectivity index (χ3n) is 5.04. The third kappa shape index (κ3) is 14.1. The van der Waals surface area contributed by atoms with E-state index in [4.69, 9.17) is 10.8 Å². The monoisotopic (exact) mass is 370 g/mol. The van der Waals surface area contributed by atoms with E-state index >= 15 is 0 Å². The normalized spacial score (nSPS) is 15.9. The Bertz CT molecular complexity index is 387. The summed E-state index contributed by atoms with van der Waals surface area (Å²) < 4.78 is 0. The van der Waals surface area contributed by atoms with Gasteiger partial charge in [0.2, 0.25) is 5.91 Å². The molecule has 0 heterocycles. The molecule has 0 aliphatic carbocycles. The van der Waals surface area contributed by atoms with Crippen LogP contribution in [-0.4, -0.2) is 29.6 Å². The second-order valence-corrected chi connectivity index (χ2v) is 8.20. The molecule has 5 heteroatoms. The molecule has 0 radical (unpaired) electrons. The number of rotatable bonds is 16. The van der Waals surface area contributed by atoms with Gasteiger partial charge in [-0.05, 0) is 30.6 Å². The van der Waals surface area contributed by atoms with Crippen molar-refractivity contribution in [1.82, 2.24) is 5.32 Å². The number of hydrogen-bond acceptors (Lipinski definition) is 3. The Labute approximate surface area is 160 Å². The zero-order valence-corrected chi connectivity index (χ0v) is 17.4. The van der Waals surface area contributed by atoms with Gasteiger partial charge in [0, 0.05) is 25.4 Å². The summed E-state index contributed by atoms with van der Waals surface area (Å²) in [5.41, 5.74) is 6.12. The van der Waals surface area contributed by atoms with E-state index in [0.717, 1.165) is 32.1 Å². The van der Waals surface area contributed by atoms with E-state index in [1.165, 1.54) is 19.3 Å². The number of carbonyl (C=O) groups excluding carboxylic acids is 1. The Balaban J connectivity index is 4.26. The van der Waals surface area contributed by atoms with Gasteiger partial charge >= 0.3 is 5.97 Å². The zero-order chi connectivity index (χ0) is 19.9. The Kier molecular flexibility index (Phi) is 14.4. The highest BCUT2D eigenvalue weighted by Gasteiger charge is 2.19. The molecule has 0 fully saturated rings. The van der Waals surface area contributed by atoms with Gasteiger partial charge in [-0.15, -0.1) is 0 Å². The molecule has 154 valence electrons. The molecular formula is C21H42N2O3. The number of carbonyl (C=O) groups is 2. The molecule has 0 aliphatic heterocycles. The van der Waals surface area contributed by atoms with Crippen molar-refractivity contribution in [3.05, 3.63) is 0 Å². The molecule has 0 rings (SSSR count). The summed E-state index contributed by atoms with van der Waals surface area (Å²) >= 11 is 0. The van der Waals surface area contributed by atoms with Crippen LogP contribution in [0.4, 0.5) is 0 Å². The number of nitrogens with one attached hydrogen (secondary N) is 1. The summed E-state index contributed by atoms with van der Waals surface area (Å²) in [7, 11) is 0.